The molecule has 0 fully saturated rings. The normalized spacial score (nSPS) is 14.5. The zero-order valence-corrected chi connectivity index (χ0v) is 17.1. The second kappa shape index (κ2) is 8.32. The maximum Gasteiger partial charge on any atom is 0.255 e. The van der Waals surface area contributed by atoms with Gasteiger partial charge in [0, 0.05) is 37.0 Å². The molecule has 1 aromatic carbocycles. The summed E-state index contributed by atoms with van der Waals surface area (Å²) in [4.78, 5) is 20.9. The van der Waals surface area contributed by atoms with Crippen molar-refractivity contribution >= 4 is 9.84 Å². The first kappa shape index (κ1) is 20.3. The minimum Gasteiger partial charge on any atom is -0.494 e. The summed E-state index contributed by atoms with van der Waals surface area (Å²) in [6.07, 6.45) is 1.54. The van der Waals surface area contributed by atoms with E-state index in [0.29, 0.717) is 50.5 Å². The van der Waals surface area contributed by atoms with E-state index in [1.807, 2.05) is 32.0 Å². The lowest BCUT2D eigenvalue weighted by Crippen LogP contribution is -2.35. The van der Waals surface area contributed by atoms with Gasteiger partial charge in [0.1, 0.15) is 11.5 Å². The van der Waals surface area contributed by atoms with Crippen molar-refractivity contribution in [3.63, 3.8) is 0 Å². The van der Waals surface area contributed by atoms with Crippen molar-refractivity contribution in [2.24, 2.45) is 0 Å². The number of nitrogens with one attached hydrogen (secondary N) is 1. The fourth-order valence-electron chi connectivity index (χ4n) is 3.25. The first-order valence-electron chi connectivity index (χ1n) is 9.24. The average Bonchev–Trinajstić information content (AvgIpc) is 2.63. The van der Waals surface area contributed by atoms with E-state index in [4.69, 9.17) is 9.47 Å². The maximum atomic E-state index is 12.2. The van der Waals surface area contributed by atoms with Crippen LogP contribution in [-0.4, -0.2) is 49.3 Å². The number of nitrogens with zero attached hydrogens (tertiary/aromatic N) is 2. The van der Waals surface area contributed by atoms with Gasteiger partial charge in [-0.15, -0.1) is 0 Å². The number of sulfone groups is 1. The van der Waals surface area contributed by atoms with Gasteiger partial charge in [-0.3, -0.25) is 14.7 Å². The van der Waals surface area contributed by atoms with Gasteiger partial charge < -0.3 is 9.47 Å². The van der Waals surface area contributed by atoms with Crippen molar-refractivity contribution in [3.8, 4) is 11.5 Å². The fourth-order valence-corrected chi connectivity index (χ4v) is 3.81. The Hall–Kier alpha value is -2.39. The highest BCUT2D eigenvalue weighted by atomic mass is 32.2. The second-order valence-electron chi connectivity index (χ2n) is 6.66. The van der Waals surface area contributed by atoms with Crippen LogP contribution in [-0.2, 0) is 29.3 Å². The van der Waals surface area contributed by atoms with Gasteiger partial charge in [0.05, 0.1) is 18.9 Å². The number of aromatic amines is 1. The van der Waals surface area contributed by atoms with Crippen LogP contribution in [0.15, 0.2) is 28.2 Å². The third-order valence-corrected chi connectivity index (χ3v) is 5.41. The Morgan fingerprint density at radius 3 is 2.64 bits per heavy atom. The molecule has 28 heavy (non-hydrogen) atoms. The van der Waals surface area contributed by atoms with Gasteiger partial charge >= 0.3 is 0 Å². The predicted molar refractivity (Wildman–Crippen MR) is 105 cm³/mol. The molecular weight excluding hydrogens is 382 g/mol. The van der Waals surface area contributed by atoms with Crippen LogP contribution in [0, 0.1) is 0 Å². The molecule has 0 atom stereocenters. The topological polar surface area (TPSA) is 102 Å². The lowest BCUT2D eigenvalue weighted by Gasteiger charge is -2.28. The monoisotopic (exact) mass is 407 g/mol. The Kier molecular flexibility index (Phi) is 6.04. The number of benzene rings is 1. The smallest absolute Gasteiger partial charge is 0.255 e. The van der Waals surface area contributed by atoms with Crippen LogP contribution in [0.5, 0.6) is 11.5 Å². The molecule has 0 unspecified atom stereocenters. The van der Waals surface area contributed by atoms with E-state index in [0.717, 1.165) is 23.3 Å². The van der Waals surface area contributed by atoms with Gasteiger partial charge in [-0.2, -0.15) is 0 Å². The Morgan fingerprint density at radius 1 is 1.21 bits per heavy atom. The van der Waals surface area contributed by atoms with Crippen LogP contribution in [0.2, 0.25) is 0 Å². The molecule has 1 aliphatic rings. The number of fused-ring (bicyclic) bond motifs is 1. The van der Waals surface area contributed by atoms with Crippen molar-refractivity contribution in [1.82, 2.24) is 14.9 Å². The highest BCUT2D eigenvalue weighted by molar-refractivity contribution is 7.90. The molecule has 1 aliphatic heterocycles. The largest absolute Gasteiger partial charge is 0.494 e. The highest BCUT2D eigenvalue weighted by Crippen LogP contribution is 2.27. The minimum atomic E-state index is -3.58. The molecule has 1 aromatic heterocycles. The number of hydrogen-bond acceptors (Lipinski definition) is 7. The zero-order chi connectivity index (χ0) is 20.3. The summed E-state index contributed by atoms with van der Waals surface area (Å²) < 4.78 is 34.9. The molecule has 2 aromatic rings. The molecule has 0 aliphatic carbocycles. The third kappa shape index (κ3) is 4.53. The summed E-state index contributed by atoms with van der Waals surface area (Å²) in [7, 11) is -3.58. The molecule has 9 heteroatoms. The Bertz CT molecular complexity index is 1020. The van der Waals surface area contributed by atoms with Gasteiger partial charge in [0.2, 0.25) is 15.0 Å². The number of aromatic nitrogens is 2. The van der Waals surface area contributed by atoms with Gasteiger partial charge in [-0.05, 0) is 38.5 Å². The zero-order valence-electron chi connectivity index (χ0n) is 16.3. The Balaban J connectivity index is 1.87. The Labute approximate surface area is 164 Å². The van der Waals surface area contributed by atoms with Crippen molar-refractivity contribution in [3.05, 3.63) is 45.4 Å². The summed E-state index contributed by atoms with van der Waals surface area (Å²) in [6, 6.07) is 5.73. The van der Waals surface area contributed by atoms with Crippen LogP contribution in [0.1, 0.15) is 30.7 Å². The molecule has 0 bridgehead atoms. The van der Waals surface area contributed by atoms with Gasteiger partial charge in [-0.25, -0.2) is 13.4 Å². The van der Waals surface area contributed by atoms with Crippen molar-refractivity contribution < 1.29 is 17.9 Å². The van der Waals surface area contributed by atoms with E-state index in [1.54, 1.807) is 0 Å². The number of hydrogen-bond donors (Lipinski definition) is 1. The average molecular weight is 407 g/mol. The summed E-state index contributed by atoms with van der Waals surface area (Å²) >= 11 is 0. The van der Waals surface area contributed by atoms with E-state index >= 15 is 0 Å². The Morgan fingerprint density at radius 2 is 1.96 bits per heavy atom. The van der Waals surface area contributed by atoms with Crippen molar-refractivity contribution in [2.45, 2.75) is 38.5 Å². The maximum absolute atomic E-state index is 12.2. The van der Waals surface area contributed by atoms with Crippen LogP contribution in [0.4, 0.5) is 0 Å². The fraction of sp³-hybridized carbons (Fsp3) is 0.474. The van der Waals surface area contributed by atoms with Crippen LogP contribution in [0.25, 0.3) is 0 Å². The molecule has 0 saturated heterocycles. The number of rotatable bonds is 7. The summed E-state index contributed by atoms with van der Waals surface area (Å²) in [6.45, 7) is 6.63. The predicted octanol–water partition coefficient (Wildman–Crippen LogP) is 1.53. The molecule has 8 nitrogen and oxygen atoms in total. The van der Waals surface area contributed by atoms with Crippen molar-refractivity contribution in [2.75, 3.05) is 26.0 Å². The second-order valence-corrected chi connectivity index (χ2v) is 8.60. The van der Waals surface area contributed by atoms with Gasteiger partial charge in [0.25, 0.3) is 5.56 Å². The molecule has 1 N–H and O–H groups in total. The summed E-state index contributed by atoms with van der Waals surface area (Å²) in [5.74, 6) is 1.56. The van der Waals surface area contributed by atoms with E-state index in [2.05, 4.69) is 14.9 Å². The third-order valence-electron chi connectivity index (χ3n) is 4.52. The summed E-state index contributed by atoms with van der Waals surface area (Å²) in [5.41, 5.74) is 1.66. The first-order valence-corrected chi connectivity index (χ1v) is 11.1. The van der Waals surface area contributed by atoms with Crippen LogP contribution >= 0.6 is 0 Å². The lowest BCUT2D eigenvalue weighted by atomic mass is 10.1. The quantitative estimate of drug-likeness (QED) is 0.695. The van der Waals surface area contributed by atoms with Crippen LogP contribution < -0.4 is 15.0 Å². The van der Waals surface area contributed by atoms with E-state index in [-0.39, 0.29) is 10.7 Å². The standard InChI is InChI=1S/C19H25N3O5S/c1-4-26-14-6-7-17(27-5-2)13(10-14)11-22-9-8-15-16(12-22)20-19(21-18(15)23)28(3,24)25/h6-7,10H,4-5,8-9,11-12H2,1-3H3,(H,20,21,23). The van der Waals surface area contributed by atoms with E-state index in [1.165, 1.54) is 0 Å². The molecule has 0 saturated carbocycles. The van der Waals surface area contributed by atoms with E-state index in [9.17, 15) is 13.2 Å². The number of H-pyrrole nitrogens is 1. The van der Waals surface area contributed by atoms with Crippen LogP contribution in [0.3, 0.4) is 0 Å². The number of ether oxygens (including phenoxy) is 2. The lowest BCUT2D eigenvalue weighted by molar-refractivity contribution is 0.232. The molecule has 0 amide bonds. The minimum absolute atomic E-state index is 0.286. The molecule has 0 spiro atoms. The van der Waals surface area contributed by atoms with Crippen molar-refractivity contribution in [1.29, 1.82) is 0 Å². The van der Waals surface area contributed by atoms with E-state index < -0.39 is 9.84 Å². The SMILES string of the molecule is CCOc1ccc(OCC)c(CN2CCc3c(nc(S(C)(=O)=O)[nH]c3=O)C2)c1. The molecule has 3 rings (SSSR count). The molecular formula is C19H25N3O5S. The molecule has 152 valence electrons. The summed E-state index contributed by atoms with van der Waals surface area (Å²) in [5, 5.41) is -0.286. The highest BCUT2D eigenvalue weighted by Gasteiger charge is 2.24. The van der Waals surface area contributed by atoms with Gasteiger partial charge in [-0.1, -0.05) is 0 Å². The molecule has 0 radical (unpaired) electrons. The van der Waals surface area contributed by atoms with Gasteiger partial charge in [0.15, 0.2) is 0 Å². The molecule has 2 heterocycles. The first-order chi connectivity index (χ1) is 13.3.